The van der Waals surface area contributed by atoms with Crippen LogP contribution >= 0.6 is 23.8 Å². The minimum atomic E-state index is 0.238. The van der Waals surface area contributed by atoms with Crippen LogP contribution in [0.3, 0.4) is 0 Å². The minimum Gasteiger partial charge on any atom is -0.392 e. The van der Waals surface area contributed by atoms with Crippen molar-refractivity contribution < 1.29 is 0 Å². The summed E-state index contributed by atoms with van der Waals surface area (Å²) in [6, 6.07) is 8.26. The molecule has 1 unspecified atom stereocenters. The lowest BCUT2D eigenvalue weighted by Crippen LogP contribution is -2.53. The molecule has 0 aliphatic carbocycles. The molecular formula is C14H20ClN3S. The monoisotopic (exact) mass is 297 g/mol. The predicted molar refractivity (Wildman–Crippen MR) is 86.1 cm³/mol. The maximum absolute atomic E-state index is 5.91. The number of anilines is 1. The predicted octanol–water partition coefficient (Wildman–Crippen LogP) is 2.53. The second kappa shape index (κ2) is 6.55. The van der Waals surface area contributed by atoms with E-state index >= 15 is 0 Å². The number of hydrogen-bond acceptors (Lipinski definition) is 3. The van der Waals surface area contributed by atoms with Crippen molar-refractivity contribution in [3.8, 4) is 0 Å². The zero-order chi connectivity index (χ0) is 13.8. The van der Waals surface area contributed by atoms with Gasteiger partial charge in [-0.2, -0.15) is 0 Å². The SMILES string of the molecule is CCC(C(N)=S)N1CCN(c2ccc(Cl)cc2)CC1. The largest absolute Gasteiger partial charge is 0.392 e. The molecule has 1 saturated heterocycles. The Morgan fingerprint density at radius 1 is 1.26 bits per heavy atom. The fourth-order valence-corrected chi connectivity index (χ4v) is 3.02. The fraction of sp³-hybridized carbons (Fsp3) is 0.500. The van der Waals surface area contributed by atoms with Crippen LogP contribution in [0.25, 0.3) is 0 Å². The average Bonchev–Trinajstić information content (AvgIpc) is 2.41. The molecule has 3 nitrogen and oxygen atoms in total. The quantitative estimate of drug-likeness (QED) is 0.866. The maximum atomic E-state index is 5.91. The van der Waals surface area contributed by atoms with Gasteiger partial charge in [0.2, 0.25) is 0 Å². The Balaban J connectivity index is 1.95. The Morgan fingerprint density at radius 3 is 2.32 bits per heavy atom. The summed E-state index contributed by atoms with van der Waals surface area (Å²) < 4.78 is 0. The molecule has 0 radical (unpaired) electrons. The number of thiocarbonyl (C=S) groups is 1. The molecule has 0 saturated carbocycles. The maximum Gasteiger partial charge on any atom is 0.0901 e. The van der Waals surface area contributed by atoms with Crippen LogP contribution in [0.5, 0.6) is 0 Å². The lowest BCUT2D eigenvalue weighted by molar-refractivity contribution is 0.224. The number of halogens is 1. The topological polar surface area (TPSA) is 32.5 Å². The van der Waals surface area contributed by atoms with Gasteiger partial charge in [-0.05, 0) is 30.7 Å². The molecule has 2 N–H and O–H groups in total. The molecule has 1 atom stereocenters. The van der Waals surface area contributed by atoms with Crippen molar-refractivity contribution in [3.05, 3.63) is 29.3 Å². The van der Waals surface area contributed by atoms with Crippen LogP contribution in [-0.4, -0.2) is 42.1 Å². The molecule has 0 spiro atoms. The van der Waals surface area contributed by atoms with Crippen LogP contribution in [0.15, 0.2) is 24.3 Å². The highest BCUT2D eigenvalue weighted by Gasteiger charge is 2.24. The van der Waals surface area contributed by atoms with E-state index in [1.165, 1.54) is 5.69 Å². The van der Waals surface area contributed by atoms with Crippen molar-refractivity contribution in [2.75, 3.05) is 31.1 Å². The van der Waals surface area contributed by atoms with Crippen LogP contribution in [0.4, 0.5) is 5.69 Å². The summed E-state index contributed by atoms with van der Waals surface area (Å²) in [4.78, 5) is 5.37. The molecule has 0 amide bonds. The van der Waals surface area contributed by atoms with Gasteiger partial charge in [-0.3, -0.25) is 4.90 Å². The van der Waals surface area contributed by atoms with Crippen LogP contribution in [-0.2, 0) is 0 Å². The molecule has 0 aromatic heterocycles. The smallest absolute Gasteiger partial charge is 0.0901 e. The van der Waals surface area contributed by atoms with E-state index in [-0.39, 0.29) is 6.04 Å². The molecule has 1 heterocycles. The van der Waals surface area contributed by atoms with Crippen LogP contribution < -0.4 is 10.6 Å². The van der Waals surface area contributed by atoms with E-state index < -0.39 is 0 Å². The number of nitrogens with zero attached hydrogens (tertiary/aromatic N) is 2. The highest BCUT2D eigenvalue weighted by Crippen LogP contribution is 2.20. The van der Waals surface area contributed by atoms with E-state index in [2.05, 4.69) is 28.9 Å². The van der Waals surface area contributed by atoms with Crippen molar-refractivity contribution in [1.82, 2.24) is 4.90 Å². The first kappa shape index (κ1) is 14.6. The van der Waals surface area contributed by atoms with Crippen LogP contribution in [0.2, 0.25) is 5.02 Å². The molecule has 2 rings (SSSR count). The summed E-state index contributed by atoms with van der Waals surface area (Å²) in [6.07, 6.45) is 0.982. The van der Waals surface area contributed by atoms with Gasteiger partial charge in [0.15, 0.2) is 0 Å². The molecule has 5 heteroatoms. The summed E-state index contributed by atoms with van der Waals surface area (Å²) in [7, 11) is 0. The average molecular weight is 298 g/mol. The Morgan fingerprint density at radius 2 is 1.84 bits per heavy atom. The first-order valence-corrected chi connectivity index (χ1v) is 7.44. The Labute approximate surface area is 125 Å². The van der Waals surface area contributed by atoms with Crippen molar-refractivity contribution in [2.24, 2.45) is 5.73 Å². The van der Waals surface area contributed by atoms with Crippen molar-refractivity contribution in [1.29, 1.82) is 0 Å². The lowest BCUT2D eigenvalue weighted by atomic mass is 10.1. The van der Waals surface area contributed by atoms with Gasteiger partial charge < -0.3 is 10.6 Å². The number of piperazine rings is 1. The number of benzene rings is 1. The first-order valence-electron chi connectivity index (χ1n) is 6.65. The highest BCUT2D eigenvalue weighted by molar-refractivity contribution is 7.80. The third-order valence-electron chi connectivity index (χ3n) is 3.66. The molecular weight excluding hydrogens is 278 g/mol. The second-order valence-electron chi connectivity index (χ2n) is 4.83. The minimum absolute atomic E-state index is 0.238. The third-order valence-corrected chi connectivity index (χ3v) is 4.19. The summed E-state index contributed by atoms with van der Waals surface area (Å²) in [5, 5.41) is 0.780. The van der Waals surface area contributed by atoms with E-state index in [4.69, 9.17) is 29.6 Å². The van der Waals surface area contributed by atoms with E-state index in [9.17, 15) is 0 Å². The molecule has 104 valence electrons. The van der Waals surface area contributed by atoms with Gasteiger partial charge in [-0.1, -0.05) is 30.7 Å². The van der Waals surface area contributed by atoms with Crippen molar-refractivity contribution in [3.63, 3.8) is 0 Å². The fourth-order valence-electron chi connectivity index (χ4n) is 2.58. The first-order chi connectivity index (χ1) is 9.11. The zero-order valence-corrected chi connectivity index (χ0v) is 12.8. The molecule has 1 fully saturated rings. The zero-order valence-electron chi connectivity index (χ0n) is 11.2. The Bertz CT molecular complexity index is 427. The van der Waals surface area contributed by atoms with E-state index in [1.807, 2.05) is 12.1 Å². The van der Waals surface area contributed by atoms with Crippen molar-refractivity contribution in [2.45, 2.75) is 19.4 Å². The van der Waals surface area contributed by atoms with Gasteiger partial charge in [0.05, 0.1) is 11.0 Å². The van der Waals surface area contributed by atoms with Crippen molar-refractivity contribution >= 4 is 34.5 Å². The molecule has 19 heavy (non-hydrogen) atoms. The third kappa shape index (κ3) is 3.59. The van der Waals surface area contributed by atoms with E-state index in [0.717, 1.165) is 37.6 Å². The van der Waals surface area contributed by atoms with Crippen LogP contribution in [0.1, 0.15) is 13.3 Å². The molecule has 1 aromatic rings. The highest BCUT2D eigenvalue weighted by atomic mass is 35.5. The van der Waals surface area contributed by atoms with Gasteiger partial charge in [0.1, 0.15) is 0 Å². The molecule has 0 bridgehead atoms. The molecule has 1 aliphatic rings. The van der Waals surface area contributed by atoms with Gasteiger partial charge in [0, 0.05) is 36.9 Å². The van der Waals surface area contributed by atoms with E-state index in [1.54, 1.807) is 0 Å². The van der Waals surface area contributed by atoms with E-state index in [0.29, 0.717) is 4.99 Å². The standard InChI is InChI=1S/C14H20ClN3S/c1-2-13(14(16)19)18-9-7-17(8-10-18)12-5-3-11(15)4-6-12/h3-6,13H,2,7-10H2,1H3,(H2,16,19). The Kier molecular flexibility index (Phi) is 5.02. The number of hydrogen-bond donors (Lipinski definition) is 1. The van der Waals surface area contributed by atoms with Gasteiger partial charge in [-0.25, -0.2) is 0 Å². The molecule has 1 aliphatic heterocycles. The second-order valence-corrected chi connectivity index (χ2v) is 5.73. The van der Waals surface area contributed by atoms with Gasteiger partial charge in [0.25, 0.3) is 0 Å². The summed E-state index contributed by atoms with van der Waals surface area (Å²) in [5.41, 5.74) is 7.03. The summed E-state index contributed by atoms with van der Waals surface area (Å²) in [6.45, 7) is 6.13. The summed E-state index contributed by atoms with van der Waals surface area (Å²) in [5.74, 6) is 0. The Hall–Kier alpha value is -0.840. The van der Waals surface area contributed by atoms with Gasteiger partial charge in [-0.15, -0.1) is 0 Å². The number of nitrogens with two attached hydrogens (primary N) is 1. The molecule has 1 aromatic carbocycles. The van der Waals surface area contributed by atoms with Crippen LogP contribution in [0, 0.1) is 0 Å². The summed E-state index contributed by atoms with van der Waals surface area (Å²) >= 11 is 11.1. The lowest BCUT2D eigenvalue weighted by Gasteiger charge is -2.39. The van der Waals surface area contributed by atoms with Gasteiger partial charge >= 0.3 is 0 Å². The number of rotatable bonds is 4. The normalized spacial score (nSPS) is 18.3.